The van der Waals surface area contributed by atoms with Crippen LogP contribution in [0.15, 0.2) is 29.3 Å². The summed E-state index contributed by atoms with van der Waals surface area (Å²) in [6.07, 6.45) is 1.90. The van der Waals surface area contributed by atoms with Crippen LogP contribution in [0.4, 0.5) is 5.69 Å². The maximum Gasteiger partial charge on any atom is 0.252 e. The van der Waals surface area contributed by atoms with E-state index in [1.807, 2.05) is 29.2 Å². The van der Waals surface area contributed by atoms with Gasteiger partial charge in [-0.2, -0.15) is 0 Å². The minimum atomic E-state index is -0.403. The third-order valence-corrected chi connectivity index (χ3v) is 3.45. The second-order valence-corrected chi connectivity index (χ2v) is 4.56. The molecular formula is C13H13N3O2. The lowest BCUT2D eigenvalue weighted by molar-refractivity contribution is -0.137. The summed E-state index contributed by atoms with van der Waals surface area (Å²) in [5.41, 5.74) is 2.01. The summed E-state index contributed by atoms with van der Waals surface area (Å²) in [6, 6.07) is 7.41. The maximum atomic E-state index is 11.9. The van der Waals surface area contributed by atoms with Gasteiger partial charge in [-0.1, -0.05) is 18.2 Å². The molecule has 2 heterocycles. The van der Waals surface area contributed by atoms with Gasteiger partial charge in [-0.25, -0.2) is 4.99 Å². The van der Waals surface area contributed by atoms with Gasteiger partial charge in [-0.05, 0) is 11.6 Å². The Hall–Kier alpha value is -2.17. The minimum Gasteiger partial charge on any atom is -0.346 e. The quantitative estimate of drug-likeness (QED) is 0.689. The molecule has 0 aromatic heterocycles. The highest BCUT2D eigenvalue weighted by molar-refractivity contribution is 6.06. The van der Waals surface area contributed by atoms with Crippen molar-refractivity contribution in [2.75, 3.05) is 7.05 Å². The highest BCUT2D eigenvalue weighted by Crippen LogP contribution is 2.27. The van der Waals surface area contributed by atoms with Crippen LogP contribution in [0.1, 0.15) is 12.0 Å². The molecule has 92 valence electrons. The molecule has 2 aliphatic rings. The van der Waals surface area contributed by atoms with Crippen LogP contribution in [0.25, 0.3) is 0 Å². The van der Waals surface area contributed by atoms with Gasteiger partial charge in [-0.15, -0.1) is 0 Å². The molecule has 0 aliphatic carbocycles. The zero-order valence-corrected chi connectivity index (χ0v) is 10.0. The van der Waals surface area contributed by atoms with E-state index in [1.54, 1.807) is 6.34 Å². The monoisotopic (exact) mass is 243 g/mol. The molecule has 2 amide bonds. The minimum absolute atomic E-state index is 0.128. The highest BCUT2D eigenvalue weighted by Gasteiger charge is 2.39. The van der Waals surface area contributed by atoms with Crippen LogP contribution >= 0.6 is 0 Å². The van der Waals surface area contributed by atoms with Gasteiger partial charge in [0.05, 0.1) is 18.4 Å². The predicted molar refractivity (Wildman–Crippen MR) is 66.3 cm³/mol. The molecule has 3 rings (SSSR count). The molecule has 18 heavy (non-hydrogen) atoms. The van der Waals surface area contributed by atoms with Gasteiger partial charge in [0.2, 0.25) is 5.91 Å². The van der Waals surface area contributed by atoms with Crippen molar-refractivity contribution < 1.29 is 9.59 Å². The average molecular weight is 243 g/mol. The second-order valence-electron chi connectivity index (χ2n) is 4.56. The first kappa shape index (κ1) is 11.0. The Morgan fingerprint density at radius 1 is 1.28 bits per heavy atom. The number of likely N-dealkylation sites (tertiary alicyclic amines) is 1. The van der Waals surface area contributed by atoms with Crippen LogP contribution in [0.2, 0.25) is 0 Å². The van der Waals surface area contributed by atoms with Crippen molar-refractivity contribution in [1.82, 2.24) is 9.80 Å². The normalized spacial score (nSPS) is 22.6. The molecule has 0 saturated carbocycles. The lowest BCUT2D eigenvalue weighted by Gasteiger charge is -2.28. The molecule has 1 fully saturated rings. The van der Waals surface area contributed by atoms with E-state index in [9.17, 15) is 9.59 Å². The van der Waals surface area contributed by atoms with Gasteiger partial charge in [-0.3, -0.25) is 14.5 Å². The first-order chi connectivity index (χ1) is 8.66. The topological polar surface area (TPSA) is 53.0 Å². The van der Waals surface area contributed by atoms with E-state index in [1.165, 1.54) is 11.9 Å². The molecule has 1 aromatic rings. The summed E-state index contributed by atoms with van der Waals surface area (Å²) in [4.78, 5) is 30.8. The molecule has 1 atom stereocenters. The summed E-state index contributed by atoms with van der Waals surface area (Å²) >= 11 is 0. The van der Waals surface area contributed by atoms with Crippen LogP contribution in [0.5, 0.6) is 0 Å². The predicted octanol–water partition coefficient (Wildman–Crippen LogP) is 0.919. The summed E-state index contributed by atoms with van der Waals surface area (Å²) in [6.45, 7) is 0.622. The number of imide groups is 1. The van der Waals surface area contributed by atoms with Crippen LogP contribution in [-0.2, 0) is 16.1 Å². The van der Waals surface area contributed by atoms with E-state index >= 15 is 0 Å². The van der Waals surface area contributed by atoms with Gasteiger partial charge in [0.15, 0.2) is 0 Å². The van der Waals surface area contributed by atoms with Crippen molar-refractivity contribution in [2.45, 2.75) is 19.0 Å². The largest absolute Gasteiger partial charge is 0.346 e. The zero-order chi connectivity index (χ0) is 12.7. The van der Waals surface area contributed by atoms with Crippen molar-refractivity contribution in [3.8, 4) is 0 Å². The maximum absolute atomic E-state index is 11.9. The first-order valence-corrected chi connectivity index (χ1v) is 5.85. The molecule has 5 heteroatoms. The van der Waals surface area contributed by atoms with Crippen molar-refractivity contribution in [3.05, 3.63) is 29.8 Å². The molecule has 0 radical (unpaired) electrons. The van der Waals surface area contributed by atoms with Gasteiger partial charge in [0.1, 0.15) is 6.04 Å². The van der Waals surface area contributed by atoms with Crippen LogP contribution in [0.3, 0.4) is 0 Å². The van der Waals surface area contributed by atoms with Crippen molar-refractivity contribution in [2.24, 2.45) is 4.99 Å². The number of fused-ring (bicyclic) bond motifs is 1. The number of rotatable bonds is 1. The lowest BCUT2D eigenvalue weighted by atomic mass is 10.1. The Morgan fingerprint density at radius 3 is 2.78 bits per heavy atom. The van der Waals surface area contributed by atoms with Gasteiger partial charge in [0.25, 0.3) is 5.91 Å². The van der Waals surface area contributed by atoms with E-state index in [0.717, 1.165) is 11.3 Å². The molecular weight excluding hydrogens is 230 g/mol. The standard InChI is InChI=1S/C13H13N3O2/c1-15-12(17)6-11(13(15)18)16-7-9-4-2-3-5-10(9)14-8-16/h2-5,8,11H,6-7H2,1H3. The number of carbonyl (C=O) groups excluding carboxylic acids is 2. The SMILES string of the molecule is CN1C(=O)CC(N2C=Nc3ccccc3C2)C1=O. The summed E-state index contributed by atoms with van der Waals surface area (Å²) in [5, 5.41) is 0. The van der Waals surface area contributed by atoms with E-state index in [0.29, 0.717) is 6.54 Å². The molecule has 1 saturated heterocycles. The lowest BCUT2D eigenvalue weighted by Crippen LogP contribution is -2.40. The molecule has 1 aromatic carbocycles. The number of benzene rings is 1. The third kappa shape index (κ3) is 1.59. The fourth-order valence-corrected chi connectivity index (χ4v) is 2.33. The number of amides is 2. The number of carbonyl (C=O) groups is 2. The van der Waals surface area contributed by atoms with E-state index < -0.39 is 6.04 Å². The van der Waals surface area contributed by atoms with Crippen molar-refractivity contribution >= 4 is 23.8 Å². The Labute approximate surface area is 105 Å². The fraction of sp³-hybridized carbons (Fsp3) is 0.308. The van der Waals surface area contributed by atoms with E-state index in [2.05, 4.69) is 4.99 Å². The number of para-hydroxylation sites is 1. The van der Waals surface area contributed by atoms with Gasteiger partial charge < -0.3 is 4.90 Å². The molecule has 1 unspecified atom stereocenters. The number of likely N-dealkylation sites (N-methyl/N-ethyl adjacent to an activating group) is 1. The number of hydrogen-bond donors (Lipinski definition) is 0. The Morgan fingerprint density at radius 2 is 2.06 bits per heavy atom. The number of hydrogen-bond acceptors (Lipinski definition) is 4. The zero-order valence-electron chi connectivity index (χ0n) is 10.0. The fourth-order valence-electron chi connectivity index (χ4n) is 2.33. The molecule has 5 nitrogen and oxygen atoms in total. The summed E-state index contributed by atoms with van der Waals surface area (Å²) < 4.78 is 0. The summed E-state index contributed by atoms with van der Waals surface area (Å²) in [5.74, 6) is -0.275. The first-order valence-electron chi connectivity index (χ1n) is 5.85. The molecule has 0 spiro atoms. The molecule has 2 aliphatic heterocycles. The molecule has 0 bridgehead atoms. The number of aliphatic imine (C=N–C) groups is 1. The average Bonchev–Trinajstić information content (AvgIpc) is 2.66. The molecule has 0 N–H and O–H groups in total. The Bertz CT molecular complexity index is 553. The van der Waals surface area contributed by atoms with Crippen LogP contribution in [-0.4, -0.2) is 41.0 Å². The summed E-state index contributed by atoms with van der Waals surface area (Å²) in [7, 11) is 1.53. The van der Waals surface area contributed by atoms with Crippen molar-refractivity contribution in [3.63, 3.8) is 0 Å². The smallest absolute Gasteiger partial charge is 0.252 e. The van der Waals surface area contributed by atoms with E-state index in [4.69, 9.17) is 0 Å². The number of nitrogens with zero attached hydrogens (tertiary/aromatic N) is 3. The van der Waals surface area contributed by atoms with Crippen LogP contribution < -0.4 is 0 Å². The third-order valence-electron chi connectivity index (χ3n) is 3.45. The Kier molecular flexibility index (Phi) is 2.40. The van der Waals surface area contributed by atoms with Gasteiger partial charge >= 0.3 is 0 Å². The second kappa shape index (κ2) is 3.94. The van der Waals surface area contributed by atoms with Gasteiger partial charge in [0, 0.05) is 13.6 Å². The highest BCUT2D eigenvalue weighted by atomic mass is 16.2. The Balaban J connectivity index is 1.86. The van der Waals surface area contributed by atoms with E-state index in [-0.39, 0.29) is 18.2 Å². The van der Waals surface area contributed by atoms with Crippen molar-refractivity contribution in [1.29, 1.82) is 0 Å². The van der Waals surface area contributed by atoms with Crippen LogP contribution in [0, 0.1) is 0 Å².